The molecule has 0 atom stereocenters. The number of rotatable bonds is 2. The summed E-state index contributed by atoms with van der Waals surface area (Å²) in [5, 5.41) is 8.56. The van der Waals surface area contributed by atoms with E-state index in [-0.39, 0.29) is 0 Å². The fourth-order valence-corrected chi connectivity index (χ4v) is 1.33. The molecule has 66 valence electrons. The van der Waals surface area contributed by atoms with Crippen LogP contribution in [-0.2, 0) is 0 Å². The van der Waals surface area contributed by atoms with Crippen LogP contribution in [0.3, 0.4) is 0 Å². The number of hydrogen-bond donors (Lipinski definition) is 0. The lowest BCUT2D eigenvalue weighted by atomic mass is 10.3. The fraction of sp³-hybridized carbons (Fsp3) is 0.400. The first kappa shape index (κ1) is 8.06. The van der Waals surface area contributed by atoms with Gasteiger partial charge in [-0.3, -0.25) is 0 Å². The Kier molecular flexibility index (Phi) is 1.90. The molecule has 0 bridgehead atoms. The van der Waals surface area contributed by atoms with E-state index in [9.17, 15) is 0 Å². The number of aromatic nitrogens is 1. The maximum atomic E-state index is 8.56. The Labute approximate surface area is 77.6 Å². The normalized spacial score (nSPS) is 15.1. The second kappa shape index (κ2) is 3.06. The SMILES string of the molecule is CN(c1ccc(C#N)nc1)C1CC1. The van der Waals surface area contributed by atoms with Crippen LogP contribution in [0.25, 0.3) is 0 Å². The van der Waals surface area contributed by atoms with E-state index in [0.717, 1.165) is 5.69 Å². The quantitative estimate of drug-likeness (QED) is 0.681. The average molecular weight is 173 g/mol. The molecule has 3 nitrogen and oxygen atoms in total. The first-order valence-electron chi connectivity index (χ1n) is 4.40. The Morgan fingerprint density at radius 2 is 2.31 bits per heavy atom. The average Bonchev–Trinajstić information content (AvgIpc) is 3.00. The Morgan fingerprint density at radius 3 is 2.77 bits per heavy atom. The predicted molar refractivity (Wildman–Crippen MR) is 50.4 cm³/mol. The van der Waals surface area contributed by atoms with E-state index in [1.807, 2.05) is 12.1 Å². The van der Waals surface area contributed by atoms with Gasteiger partial charge in [-0.2, -0.15) is 5.26 Å². The molecule has 0 radical (unpaired) electrons. The van der Waals surface area contributed by atoms with Crippen LogP contribution in [0.5, 0.6) is 0 Å². The highest BCUT2D eigenvalue weighted by molar-refractivity contribution is 5.47. The zero-order valence-electron chi connectivity index (χ0n) is 7.57. The van der Waals surface area contributed by atoms with E-state index >= 15 is 0 Å². The summed E-state index contributed by atoms with van der Waals surface area (Å²) in [5.74, 6) is 0. The third-order valence-electron chi connectivity index (χ3n) is 2.36. The lowest BCUT2D eigenvalue weighted by Crippen LogP contribution is -2.19. The van der Waals surface area contributed by atoms with Crippen LogP contribution < -0.4 is 4.90 Å². The van der Waals surface area contributed by atoms with Gasteiger partial charge in [0.25, 0.3) is 0 Å². The molecule has 1 aromatic heterocycles. The Morgan fingerprint density at radius 1 is 1.54 bits per heavy atom. The summed E-state index contributed by atoms with van der Waals surface area (Å²) in [4.78, 5) is 6.24. The first-order valence-corrected chi connectivity index (χ1v) is 4.40. The third-order valence-corrected chi connectivity index (χ3v) is 2.36. The summed E-state index contributed by atoms with van der Waals surface area (Å²) in [5.41, 5.74) is 1.58. The second-order valence-electron chi connectivity index (χ2n) is 3.36. The zero-order valence-corrected chi connectivity index (χ0v) is 7.57. The monoisotopic (exact) mass is 173 g/mol. The highest BCUT2D eigenvalue weighted by Crippen LogP contribution is 2.29. The van der Waals surface area contributed by atoms with Crippen LogP contribution in [0.1, 0.15) is 18.5 Å². The van der Waals surface area contributed by atoms with Crippen molar-refractivity contribution >= 4 is 5.69 Å². The lowest BCUT2D eigenvalue weighted by molar-refractivity contribution is 0.911. The van der Waals surface area contributed by atoms with Gasteiger partial charge in [-0.15, -0.1) is 0 Å². The van der Waals surface area contributed by atoms with Gasteiger partial charge in [-0.25, -0.2) is 4.98 Å². The van der Waals surface area contributed by atoms with Crippen molar-refractivity contribution in [2.24, 2.45) is 0 Å². The predicted octanol–water partition coefficient (Wildman–Crippen LogP) is 1.55. The molecule has 1 fully saturated rings. The molecule has 0 amide bonds. The van der Waals surface area contributed by atoms with E-state index < -0.39 is 0 Å². The van der Waals surface area contributed by atoms with Crippen molar-refractivity contribution in [3.63, 3.8) is 0 Å². The van der Waals surface area contributed by atoms with Gasteiger partial charge in [0.05, 0.1) is 11.9 Å². The van der Waals surface area contributed by atoms with Gasteiger partial charge in [0.15, 0.2) is 0 Å². The second-order valence-corrected chi connectivity index (χ2v) is 3.36. The van der Waals surface area contributed by atoms with Crippen molar-refractivity contribution in [1.82, 2.24) is 4.98 Å². The molecule has 0 saturated heterocycles. The lowest BCUT2D eigenvalue weighted by Gasteiger charge is -2.17. The maximum absolute atomic E-state index is 8.56. The van der Waals surface area contributed by atoms with Crippen molar-refractivity contribution in [3.05, 3.63) is 24.0 Å². The molecule has 1 saturated carbocycles. The molecule has 1 aromatic rings. The molecule has 1 aliphatic carbocycles. The first-order chi connectivity index (χ1) is 6.31. The molecule has 0 N–H and O–H groups in total. The molecule has 2 rings (SSSR count). The molecule has 0 aromatic carbocycles. The van der Waals surface area contributed by atoms with Gasteiger partial charge in [-0.05, 0) is 25.0 Å². The minimum Gasteiger partial charge on any atom is -0.370 e. The van der Waals surface area contributed by atoms with E-state index in [4.69, 9.17) is 5.26 Å². The van der Waals surface area contributed by atoms with Gasteiger partial charge < -0.3 is 4.90 Å². The molecular weight excluding hydrogens is 162 g/mol. The summed E-state index contributed by atoms with van der Waals surface area (Å²) in [6.07, 6.45) is 4.31. The van der Waals surface area contributed by atoms with Crippen molar-refractivity contribution in [1.29, 1.82) is 5.26 Å². The van der Waals surface area contributed by atoms with Crippen molar-refractivity contribution in [2.45, 2.75) is 18.9 Å². The molecule has 0 unspecified atom stereocenters. The number of nitriles is 1. The van der Waals surface area contributed by atoms with Crippen LogP contribution in [0, 0.1) is 11.3 Å². The van der Waals surface area contributed by atoms with E-state index in [2.05, 4.69) is 16.9 Å². The van der Waals surface area contributed by atoms with Gasteiger partial charge in [0.1, 0.15) is 11.8 Å². The number of anilines is 1. The van der Waals surface area contributed by atoms with Gasteiger partial charge in [0, 0.05) is 13.1 Å². The third kappa shape index (κ3) is 1.62. The zero-order chi connectivity index (χ0) is 9.26. The topological polar surface area (TPSA) is 39.9 Å². The molecular formula is C10H11N3. The minimum atomic E-state index is 0.480. The van der Waals surface area contributed by atoms with Gasteiger partial charge >= 0.3 is 0 Å². The van der Waals surface area contributed by atoms with Crippen LogP contribution in [0.15, 0.2) is 18.3 Å². The van der Waals surface area contributed by atoms with E-state index in [1.54, 1.807) is 12.3 Å². The summed E-state index contributed by atoms with van der Waals surface area (Å²) < 4.78 is 0. The fourth-order valence-electron chi connectivity index (χ4n) is 1.33. The van der Waals surface area contributed by atoms with E-state index in [1.165, 1.54) is 12.8 Å². The minimum absolute atomic E-state index is 0.480. The summed E-state index contributed by atoms with van der Waals surface area (Å²) >= 11 is 0. The van der Waals surface area contributed by atoms with Crippen LogP contribution >= 0.6 is 0 Å². The highest BCUT2D eigenvalue weighted by atomic mass is 15.2. The Balaban J connectivity index is 2.17. The van der Waals surface area contributed by atoms with Crippen LogP contribution in [-0.4, -0.2) is 18.1 Å². The van der Waals surface area contributed by atoms with Crippen molar-refractivity contribution in [3.8, 4) is 6.07 Å². The molecule has 0 aliphatic heterocycles. The molecule has 1 aliphatic rings. The number of pyridine rings is 1. The molecule has 3 heteroatoms. The standard InChI is InChI=1S/C10H11N3/c1-13(9-4-5-9)10-3-2-8(6-11)12-7-10/h2-3,7,9H,4-5H2,1H3. The number of hydrogen-bond acceptors (Lipinski definition) is 3. The van der Waals surface area contributed by atoms with E-state index in [0.29, 0.717) is 11.7 Å². The summed E-state index contributed by atoms with van der Waals surface area (Å²) in [7, 11) is 2.07. The molecule has 1 heterocycles. The van der Waals surface area contributed by atoms with Gasteiger partial charge in [-0.1, -0.05) is 0 Å². The number of nitrogens with zero attached hydrogens (tertiary/aromatic N) is 3. The van der Waals surface area contributed by atoms with Crippen LogP contribution in [0.2, 0.25) is 0 Å². The van der Waals surface area contributed by atoms with Crippen molar-refractivity contribution in [2.75, 3.05) is 11.9 Å². The summed E-state index contributed by atoms with van der Waals surface area (Å²) in [6, 6.07) is 6.40. The molecule has 0 spiro atoms. The largest absolute Gasteiger partial charge is 0.370 e. The summed E-state index contributed by atoms with van der Waals surface area (Å²) in [6.45, 7) is 0. The Hall–Kier alpha value is -1.56. The smallest absolute Gasteiger partial charge is 0.140 e. The molecule has 13 heavy (non-hydrogen) atoms. The maximum Gasteiger partial charge on any atom is 0.140 e. The van der Waals surface area contributed by atoms with Crippen molar-refractivity contribution < 1.29 is 0 Å². The van der Waals surface area contributed by atoms with Crippen LogP contribution in [0.4, 0.5) is 5.69 Å². The highest BCUT2D eigenvalue weighted by Gasteiger charge is 2.26. The Bertz CT molecular complexity index is 332. The van der Waals surface area contributed by atoms with Gasteiger partial charge in [0.2, 0.25) is 0 Å².